The Kier molecular flexibility index (Phi) is 3.95. The van der Waals surface area contributed by atoms with Crippen molar-refractivity contribution in [1.29, 1.82) is 0 Å². The third-order valence-electron chi connectivity index (χ3n) is 3.33. The van der Waals surface area contributed by atoms with Crippen LogP contribution in [0.15, 0.2) is 18.2 Å². The number of nitrogens with zero attached hydrogens (tertiary/aromatic N) is 1. The first kappa shape index (κ1) is 12.3. The lowest BCUT2D eigenvalue weighted by atomic mass is 9.60. The van der Waals surface area contributed by atoms with Gasteiger partial charge in [-0.3, -0.25) is 0 Å². The highest BCUT2D eigenvalue weighted by atomic mass is 15.2. The Labute approximate surface area is 105 Å². The summed E-state index contributed by atoms with van der Waals surface area (Å²) in [7, 11) is 0. The molecule has 0 radical (unpaired) electrons. The van der Waals surface area contributed by atoms with Gasteiger partial charge in [-0.1, -0.05) is 20.7 Å². The molecule has 2 aliphatic heterocycles. The van der Waals surface area contributed by atoms with Crippen molar-refractivity contribution in [2.75, 3.05) is 36.3 Å². The van der Waals surface area contributed by atoms with Crippen molar-refractivity contribution < 1.29 is 0 Å². The summed E-state index contributed by atoms with van der Waals surface area (Å²) in [6, 6.07) is 6.72. The maximum atomic E-state index is 3.46. The van der Waals surface area contributed by atoms with E-state index in [-0.39, 0.29) is 0 Å². The molecule has 1 aromatic rings. The monoisotopic (exact) mass is 231 g/mol. The zero-order valence-electron chi connectivity index (χ0n) is 11.1. The van der Waals surface area contributed by atoms with E-state index in [1.54, 1.807) is 0 Å². The highest BCUT2D eigenvalue weighted by Gasteiger charge is 2.24. The van der Waals surface area contributed by atoms with Crippen molar-refractivity contribution in [3.63, 3.8) is 0 Å². The molecule has 1 saturated heterocycles. The third kappa shape index (κ3) is 2.42. The molecule has 17 heavy (non-hydrogen) atoms. The lowest BCUT2D eigenvalue weighted by molar-refractivity contribution is 0.590. The predicted molar refractivity (Wildman–Crippen MR) is 77.7 cm³/mol. The summed E-state index contributed by atoms with van der Waals surface area (Å²) in [5, 5.41) is 6.85. The van der Waals surface area contributed by atoms with Crippen molar-refractivity contribution in [3.05, 3.63) is 18.2 Å². The second-order valence-electron chi connectivity index (χ2n) is 4.38. The van der Waals surface area contributed by atoms with Gasteiger partial charge in [0.05, 0.1) is 0 Å². The molecule has 0 atom stereocenters. The van der Waals surface area contributed by atoms with Crippen LogP contribution in [-0.4, -0.2) is 33.0 Å². The summed E-state index contributed by atoms with van der Waals surface area (Å²) in [5.41, 5.74) is 4.13. The van der Waals surface area contributed by atoms with Crippen molar-refractivity contribution >= 4 is 23.7 Å². The van der Waals surface area contributed by atoms with Gasteiger partial charge in [-0.05, 0) is 23.7 Å². The second kappa shape index (κ2) is 5.45. The van der Waals surface area contributed by atoms with Crippen LogP contribution < -0.4 is 20.9 Å². The van der Waals surface area contributed by atoms with E-state index >= 15 is 0 Å². The number of rotatable bonds is 1. The SMILES string of the molecule is CB1Nc2ccc(N3CCNCC3)c1c2.CC. The average Bonchev–Trinajstić information content (AvgIpc) is 2.69. The van der Waals surface area contributed by atoms with E-state index in [0.717, 1.165) is 26.2 Å². The van der Waals surface area contributed by atoms with Crippen LogP contribution in [0.2, 0.25) is 6.82 Å². The van der Waals surface area contributed by atoms with Crippen LogP contribution in [0.4, 0.5) is 11.4 Å². The highest BCUT2D eigenvalue weighted by Crippen LogP contribution is 2.22. The van der Waals surface area contributed by atoms with Crippen molar-refractivity contribution in [1.82, 2.24) is 5.32 Å². The van der Waals surface area contributed by atoms with Crippen molar-refractivity contribution in [2.24, 2.45) is 0 Å². The molecule has 1 fully saturated rings. The number of piperazine rings is 1. The van der Waals surface area contributed by atoms with Gasteiger partial charge in [0.15, 0.2) is 0 Å². The lowest BCUT2D eigenvalue weighted by Gasteiger charge is -2.30. The van der Waals surface area contributed by atoms with E-state index in [1.807, 2.05) is 13.8 Å². The molecular weight excluding hydrogens is 209 g/mol. The Morgan fingerprint density at radius 1 is 1.18 bits per heavy atom. The lowest BCUT2D eigenvalue weighted by Crippen LogP contribution is -2.46. The van der Waals surface area contributed by atoms with E-state index in [9.17, 15) is 0 Å². The normalized spacial score (nSPS) is 17.4. The molecule has 1 aromatic carbocycles. The molecule has 0 aliphatic carbocycles. The number of anilines is 2. The van der Waals surface area contributed by atoms with Gasteiger partial charge >= 0.3 is 0 Å². The number of hydrogen-bond acceptors (Lipinski definition) is 3. The van der Waals surface area contributed by atoms with E-state index < -0.39 is 0 Å². The van der Waals surface area contributed by atoms with Gasteiger partial charge in [0.2, 0.25) is 0 Å². The molecule has 92 valence electrons. The fraction of sp³-hybridized carbons (Fsp3) is 0.538. The van der Waals surface area contributed by atoms with Crippen LogP contribution in [0.25, 0.3) is 0 Å². The zero-order chi connectivity index (χ0) is 12.3. The average molecular weight is 231 g/mol. The fourth-order valence-electron chi connectivity index (χ4n) is 2.51. The molecule has 2 aliphatic rings. The number of nitrogens with one attached hydrogen (secondary N) is 2. The summed E-state index contributed by atoms with van der Waals surface area (Å²) in [4.78, 5) is 2.49. The van der Waals surface area contributed by atoms with Crippen molar-refractivity contribution in [2.45, 2.75) is 20.7 Å². The van der Waals surface area contributed by atoms with Gasteiger partial charge in [0.1, 0.15) is 0 Å². The summed E-state index contributed by atoms with van der Waals surface area (Å²) in [6.07, 6.45) is 0. The molecule has 0 amide bonds. The van der Waals surface area contributed by atoms with Gasteiger partial charge < -0.3 is 15.4 Å². The maximum absolute atomic E-state index is 3.46. The second-order valence-corrected chi connectivity index (χ2v) is 4.38. The molecule has 2 bridgehead atoms. The Bertz CT molecular complexity index is 375. The molecular formula is C13H22BN3. The van der Waals surface area contributed by atoms with Crippen LogP contribution >= 0.6 is 0 Å². The minimum Gasteiger partial charge on any atom is -0.424 e. The standard InChI is InChI=1S/C11H16BN3.C2H6/c1-12-10-8-9(14-12)2-3-11(10)15-6-4-13-5-7-15;1-2/h2-3,8,13-14H,4-7H2,1H3;1-2H3. The van der Waals surface area contributed by atoms with Crippen LogP contribution in [0.3, 0.4) is 0 Å². The van der Waals surface area contributed by atoms with E-state index in [4.69, 9.17) is 0 Å². The van der Waals surface area contributed by atoms with Gasteiger partial charge in [0, 0.05) is 37.6 Å². The van der Waals surface area contributed by atoms with E-state index in [0.29, 0.717) is 6.85 Å². The van der Waals surface area contributed by atoms with E-state index in [1.165, 1.54) is 16.8 Å². The minimum absolute atomic E-state index is 0.472. The number of benzene rings is 1. The topological polar surface area (TPSA) is 27.3 Å². The van der Waals surface area contributed by atoms with Gasteiger partial charge in [-0.15, -0.1) is 0 Å². The van der Waals surface area contributed by atoms with Gasteiger partial charge in [-0.25, -0.2) is 0 Å². The zero-order valence-corrected chi connectivity index (χ0v) is 11.1. The van der Waals surface area contributed by atoms with Crippen molar-refractivity contribution in [3.8, 4) is 0 Å². The third-order valence-corrected chi connectivity index (χ3v) is 3.33. The fourth-order valence-corrected chi connectivity index (χ4v) is 2.51. The van der Waals surface area contributed by atoms with Crippen LogP contribution in [0.5, 0.6) is 0 Å². The number of fused-ring (bicyclic) bond motifs is 2. The minimum atomic E-state index is 0.472. The molecule has 3 rings (SSSR count). The Morgan fingerprint density at radius 3 is 2.59 bits per heavy atom. The molecule has 0 saturated carbocycles. The molecule has 2 N–H and O–H groups in total. The maximum Gasteiger partial charge on any atom is 0.285 e. The molecule has 0 spiro atoms. The molecule has 4 heteroatoms. The van der Waals surface area contributed by atoms with Gasteiger partial charge in [0.25, 0.3) is 6.85 Å². The largest absolute Gasteiger partial charge is 0.424 e. The first-order chi connectivity index (χ1) is 8.34. The Hall–Kier alpha value is -1.16. The predicted octanol–water partition coefficient (Wildman–Crippen LogP) is 1.38. The summed E-state index contributed by atoms with van der Waals surface area (Å²) in [6.45, 7) is 11.2. The Morgan fingerprint density at radius 2 is 1.88 bits per heavy atom. The number of hydrogen-bond donors (Lipinski definition) is 2. The van der Waals surface area contributed by atoms with Crippen LogP contribution in [-0.2, 0) is 0 Å². The first-order valence-corrected chi connectivity index (χ1v) is 6.71. The molecule has 0 unspecified atom stereocenters. The molecule has 0 aromatic heterocycles. The summed E-state index contributed by atoms with van der Waals surface area (Å²) >= 11 is 0. The smallest absolute Gasteiger partial charge is 0.285 e. The van der Waals surface area contributed by atoms with E-state index in [2.05, 4.69) is 40.5 Å². The Balaban J connectivity index is 0.000000514. The van der Waals surface area contributed by atoms with Gasteiger partial charge in [-0.2, -0.15) is 0 Å². The summed E-state index contributed by atoms with van der Waals surface area (Å²) < 4.78 is 0. The van der Waals surface area contributed by atoms with Crippen LogP contribution in [0.1, 0.15) is 13.8 Å². The molecule has 2 heterocycles. The molecule has 3 nitrogen and oxygen atoms in total. The van der Waals surface area contributed by atoms with Crippen LogP contribution in [0, 0.1) is 0 Å². The quantitative estimate of drug-likeness (QED) is 0.715. The summed E-state index contributed by atoms with van der Waals surface area (Å²) in [5.74, 6) is 0. The first-order valence-electron chi connectivity index (χ1n) is 6.71. The highest BCUT2D eigenvalue weighted by molar-refractivity contribution is 6.78.